The van der Waals surface area contributed by atoms with Crippen molar-refractivity contribution >= 4 is 17.4 Å². The molecule has 1 aliphatic heterocycles. The zero-order valence-corrected chi connectivity index (χ0v) is 9.00. The van der Waals surface area contributed by atoms with Crippen LogP contribution in [-0.4, -0.2) is 24.5 Å². The minimum absolute atomic E-state index is 0.0155. The van der Waals surface area contributed by atoms with Crippen LogP contribution in [-0.2, 0) is 6.54 Å². The lowest BCUT2D eigenvalue weighted by Crippen LogP contribution is -2.38. The fraction of sp³-hybridized carbons (Fsp3) is 0.364. The van der Waals surface area contributed by atoms with E-state index >= 15 is 0 Å². The van der Waals surface area contributed by atoms with E-state index in [1.165, 1.54) is 0 Å². The molecule has 4 heteroatoms. The molecule has 0 fully saturated rings. The highest BCUT2D eigenvalue weighted by molar-refractivity contribution is 5.93. The summed E-state index contributed by atoms with van der Waals surface area (Å²) in [4.78, 5) is 13.4. The highest BCUT2D eigenvalue weighted by atomic mass is 16.2. The first-order valence-corrected chi connectivity index (χ1v) is 5.11. The van der Waals surface area contributed by atoms with Gasteiger partial charge in [0.1, 0.15) is 0 Å². The Bertz CT molecular complexity index is 389. The van der Waals surface area contributed by atoms with E-state index in [-0.39, 0.29) is 6.03 Å². The van der Waals surface area contributed by atoms with Crippen LogP contribution < -0.4 is 10.6 Å². The molecule has 0 radical (unpaired) electrons. The van der Waals surface area contributed by atoms with Gasteiger partial charge in [0.2, 0.25) is 0 Å². The summed E-state index contributed by atoms with van der Waals surface area (Å²) >= 11 is 0. The van der Waals surface area contributed by atoms with Gasteiger partial charge in [-0.15, -0.1) is 0 Å². The minimum Gasteiger partial charge on any atom is -0.388 e. The number of hydrogen-bond donors (Lipinski definition) is 2. The van der Waals surface area contributed by atoms with Gasteiger partial charge in [0.15, 0.2) is 0 Å². The normalized spacial score (nSPS) is 14.5. The molecule has 0 aromatic heterocycles. The van der Waals surface area contributed by atoms with Crippen LogP contribution in [0, 0.1) is 0 Å². The van der Waals surface area contributed by atoms with Gasteiger partial charge >= 0.3 is 6.03 Å². The van der Waals surface area contributed by atoms with Gasteiger partial charge in [-0.3, -0.25) is 0 Å². The quantitative estimate of drug-likeness (QED) is 0.776. The molecule has 4 nitrogen and oxygen atoms in total. The molecule has 1 heterocycles. The number of amides is 2. The van der Waals surface area contributed by atoms with Crippen LogP contribution in [0.1, 0.15) is 12.5 Å². The Balaban J connectivity index is 2.40. The van der Waals surface area contributed by atoms with Crippen molar-refractivity contribution in [1.82, 2.24) is 4.90 Å². The van der Waals surface area contributed by atoms with Crippen LogP contribution in [0.5, 0.6) is 0 Å². The number of nitrogens with zero attached hydrogens (tertiary/aromatic N) is 1. The molecule has 0 bridgehead atoms. The number of hydrogen-bond acceptors (Lipinski definition) is 2. The lowest BCUT2D eigenvalue weighted by atomic mass is 10.1. The van der Waals surface area contributed by atoms with Gasteiger partial charge in [-0.1, -0.05) is 6.07 Å². The summed E-state index contributed by atoms with van der Waals surface area (Å²) in [6, 6.07) is 5.87. The van der Waals surface area contributed by atoms with E-state index in [9.17, 15) is 4.79 Å². The first kappa shape index (κ1) is 9.83. The second-order valence-electron chi connectivity index (χ2n) is 3.53. The van der Waals surface area contributed by atoms with Crippen molar-refractivity contribution in [1.29, 1.82) is 0 Å². The number of benzene rings is 1. The van der Waals surface area contributed by atoms with Gasteiger partial charge < -0.3 is 15.5 Å². The van der Waals surface area contributed by atoms with E-state index < -0.39 is 0 Å². The third-order valence-corrected chi connectivity index (χ3v) is 2.70. The lowest BCUT2D eigenvalue weighted by Gasteiger charge is -2.29. The predicted octanol–water partition coefficient (Wildman–Crippen LogP) is 2.10. The molecule has 0 unspecified atom stereocenters. The zero-order chi connectivity index (χ0) is 10.8. The summed E-state index contributed by atoms with van der Waals surface area (Å²) in [6.45, 7) is 3.38. The fourth-order valence-corrected chi connectivity index (χ4v) is 1.82. The van der Waals surface area contributed by atoms with Gasteiger partial charge in [-0.25, -0.2) is 4.79 Å². The standard InChI is InChI=1S/C11H15N3O/c1-3-14-7-8-9(12-2)5-4-6-10(8)13-11(14)15/h4-6,12H,3,7H2,1-2H3,(H,13,15). The van der Waals surface area contributed by atoms with E-state index in [0.717, 1.165) is 23.5 Å². The molecule has 0 saturated carbocycles. The summed E-state index contributed by atoms with van der Waals surface area (Å²) < 4.78 is 0. The van der Waals surface area contributed by atoms with Crippen molar-refractivity contribution in [2.24, 2.45) is 0 Å². The van der Waals surface area contributed by atoms with Gasteiger partial charge in [-0.05, 0) is 19.1 Å². The topological polar surface area (TPSA) is 44.4 Å². The first-order valence-electron chi connectivity index (χ1n) is 5.11. The molecule has 1 aromatic carbocycles. The maximum Gasteiger partial charge on any atom is 0.322 e. The monoisotopic (exact) mass is 205 g/mol. The Morgan fingerprint density at radius 3 is 3.00 bits per heavy atom. The maximum atomic E-state index is 11.6. The molecule has 0 atom stereocenters. The molecular formula is C11H15N3O. The molecule has 2 rings (SSSR count). The van der Waals surface area contributed by atoms with Crippen molar-refractivity contribution in [3.05, 3.63) is 23.8 Å². The zero-order valence-electron chi connectivity index (χ0n) is 9.00. The summed E-state index contributed by atoms with van der Waals surface area (Å²) in [5.41, 5.74) is 3.14. The van der Waals surface area contributed by atoms with Gasteiger partial charge in [0, 0.05) is 30.5 Å². The first-order chi connectivity index (χ1) is 7.26. The van der Waals surface area contributed by atoms with Crippen LogP contribution >= 0.6 is 0 Å². The largest absolute Gasteiger partial charge is 0.388 e. The predicted molar refractivity (Wildman–Crippen MR) is 61.1 cm³/mol. The van der Waals surface area contributed by atoms with Crippen molar-refractivity contribution in [3.63, 3.8) is 0 Å². The van der Waals surface area contributed by atoms with E-state index in [1.54, 1.807) is 4.90 Å². The molecular weight excluding hydrogens is 190 g/mol. The third-order valence-electron chi connectivity index (χ3n) is 2.70. The number of carbonyl (C=O) groups excluding carboxylic acids is 1. The molecule has 2 N–H and O–H groups in total. The van der Waals surface area contributed by atoms with Crippen LogP contribution in [0.15, 0.2) is 18.2 Å². The Hall–Kier alpha value is -1.71. The number of rotatable bonds is 2. The van der Waals surface area contributed by atoms with Crippen LogP contribution in [0.4, 0.5) is 16.2 Å². The number of urea groups is 1. The van der Waals surface area contributed by atoms with Crippen LogP contribution in [0.2, 0.25) is 0 Å². The van der Waals surface area contributed by atoms with E-state index in [0.29, 0.717) is 6.54 Å². The second kappa shape index (κ2) is 3.81. The average molecular weight is 205 g/mol. The SMILES string of the molecule is CCN1Cc2c(NC)cccc2NC1=O. The number of fused-ring (bicyclic) bond motifs is 1. The van der Waals surface area contributed by atoms with Crippen LogP contribution in [0.3, 0.4) is 0 Å². The minimum atomic E-state index is -0.0155. The van der Waals surface area contributed by atoms with Crippen molar-refractivity contribution in [2.45, 2.75) is 13.5 Å². The van der Waals surface area contributed by atoms with E-state index in [1.807, 2.05) is 32.2 Å². The lowest BCUT2D eigenvalue weighted by molar-refractivity contribution is 0.210. The molecule has 15 heavy (non-hydrogen) atoms. The molecule has 80 valence electrons. The summed E-state index contributed by atoms with van der Waals surface area (Å²) in [5, 5.41) is 6.02. The summed E-state index contributed by atoms with van der Waals surface area (Å²) in [7, 11) is 1.89. The molecule has 0 spiro atoms. The Morgan fingerprint density at radius 1 is 1.53 bits per heavy atom. The van der Waals surface area contributed by atoms with Crippen LogP contribution in [0.25, 0.3) is 0 Å². The number of nitrogens with one attached hydrogen (secondary N) is 2. The van der Waals surface area contributed by atoms with Crippen molar-refractivity contribution < 1.29 is 4.79 Å². The average Bonchev–Trinajstić information content (AvgIpc) is 2.27. The summed E-state index contributed by atoms with van der Waals surface area (Å²) in [5.74, 6) is 0. The number of anilines is 2. The smallest absolute Gasteiger partial charge is 0.322 e. The summed E-state index contributed by atoms with van der Waals surface area (Å²) in [6.07, 6.45) is 0. The van der Waals surface area contributed by atoms with E-state index in [4.69, 9.17) is 0 Å². The second-order valence-corrected chi connectivity index (χ2v) is 3.53. The molecule has 2 amide bonds. The highest BCUT2D eigenvalue weighted by Crippen LogP contribution is 2.29. The molecule has 1 aliphatic rings. The van der Waals surface area contributed by atoms with Crippen molar-refractivity contribution in [3.8, 4) is 0 Å². The third kappa shape index (κ3) is 1.63. The Morgan fingerprint density at radius 2 is 2.33 bits per heavy atom. The van der Waals surface area contributed by atoms with Gasteiger partial charge in [-0.2, -0.15) is 0 Å². The van der Waals surface area contributed by atoms with Gasteiger partial charge in [0.05, 0.1) is 6.54 Å². The number of carbonyl (C=O) groups is 1. The highest BCUT2D eigenvalue weighted by Gasteiger charge is 2.22. The van der Waals surface area contributed by atoms with Crippen molar-refractivity contribution in [2.75, 3.05) is 24.2 Å². The molecule has 0 aliphatic carbocycles. The Kier molecular flexibility index (Phi) is 2.49. The maximum absolute atomic E-state index is 11.6. The van der Waals surface area contributed by atoms with E-state index in [2.05, 4.69) is 10.6 Å². The molecule has 1 aromatic rings. The fourth-order valence-electron chi connectivity index (χ4n) is 1.82. The van der Waals surface area contributed by atoms with Gasteiger partial charge in [0.25, 0.3) is 0 Å². The Labute approximate surface area is 89.3 Å². The molecule has 0 saturated heterocycles.